The summed E-state index contributed by atoms with van der Waals surface area (Å²) in [4.78, 5) is 12.3. The normalized spacial score (nSPS) is 23.1. The fourth-order valence-corrected chi connectivity index (χ4v) is 2.44. The molecular formula is C19H20O3. The molecule has 3 nitrogen and oxygen atoms in total. The van der Waals surface area contributed by atoms with E-state index < -0.39 is 0 Å². The van der Waals surface area contributed by atoms with Crippen molar-refractivity contribution in [3.63, 3.8) is 0 Å². The standard InChI is InChI=1S/C19H20O3/c1-3-19(2)17(22-19)13-21-16-11-9-15(10-12-16)18(20)14-7-5-4-6-8-14/h4-12,17H,3,13H2,1-2H3. The lowest BCUT2D eigenvalue weighted by molar-refractivity contribution is 0.103. The number of epoxide rings is 1. The molecule has 2 aromatic rings. The van der Waals surface area contributed by atoms with Crippen molar-refractivity contribution in [2.24, 2.45) is 0 Å². The van der Waals surface area contributed by atoms with Crippen molar-refractivity contribution in [1.82, 2.24) is 0 Å². The second-order valence-corrected chi connectivity index (χ2v) is 5.80. The van der Waals surface area contributed by atoms with E-state index in [1.165, 1.54) is 0 Å². The van der Waals surface area contributed by atoms with E-state index in [-0.39, 0.29) is 17.5 Å². The third kappa shape index (κ3) is 3.04. The second-order valence-electron chi connectivity index (χ2n) is 5.80. The molecule has 0 radical (unpaired) electrons. The van der Waals surface area contributed by atoms with Crippen LogP contribution in [0, 0.1) is 0 Å². The van der Waals surface area contributed by atoms with Crippen LogP contribution in [0.2, 0.25) is 0 Å². The molecule has 2 atom stereocenters. The van der Waals surface area contributed by atoms with Crippen LogP contribution in [0.3, 0.4) is 0 Å². The molecule has 0 amide bonds. The van der Waals surface area contributed by atoms with Gasteiger partial charge < -0.3 is 9.47 Å². The summed E-state index contributed by atoms with van der Waals surface area (Å²) in [5.74, 6) is 0.787. The first-order valence-corrected chi connectivity index (χ1v) is 7.63. The molecule has 2 aromatic carbocycles. The zero-order valence-electron chi connectivity index (χ0n) is 12.9. The van der Waals surface area contributed by atoms with E-state index in [4.69, 9.17) is 9.47 Å². The molecule has 0 aliphatic carbocycles. The van der Waals surface area contributed by atoms with Gasteiger partial charge in [0.2, 0.25) is 0 Å². The lowest BCUT2D eigenvalue weighted by Gasteiger charge is -2.07. The van der Waals surface area contributed by atoms with Crippen LogP contribution >= 0.6 is 0 Å². The summed E-state index contributed by atoms with van der Waals surface area (Å²) in [7, 11) is 0. The Morgan fingerprint density at radius 3 is 2.32 bits per heavy atom. The van der Waals surface area contributed by atoms with Crippen LogP contribution in [0.15, 0.2) is 54.6 Å². The average Bonchev–Trinajstić information content (AvgIpc) is 3.25. The summed E-state index contributed by atoms with van der Waals surface area (Å²) in [6.07, 6.45) is 1.16. The Labute approximate surface area is 130 Å². The number of hydrogen-bond donors (Lipinski definition) is 0. The highest BCUT2D eigenvalue weighted by atomic mass is 16.6. The Hall–Kier alpha value is -2.13. The van der Waals surface area contributed by atoms with Crippen molar-refractivity contribution in [1.29, 1.82) is 0 Å². The van der Waals surface area contributed by atoms with E-state index in [2.05, 4.69) is 13.8 Å². The van der Waals surface area contributed by atoms with E-state index in [0.717, 1.165) is 12.2 Å². The van der Waals surface area contributed by atoms with Crippen LogP contribution in [0.1, 0.15) is 36.2 Å². The van der Waals surface area contributed by atoms with Crippen molar-refractivity contribution >= 4 is 5.78 Å². The topological polar surface area (TPSA) is 38.8 Å². The van der Waals surface area contributed by atoms with Gasteiger partial charge in [0, 0.05) is 11.1 Å². The zero-order chi connectivity index (χ0) is 15.6. The van der Waals surface area contributed by atoms with Crippen molar-refractivity contribution in [2.75, 3.05) is 6.61 Å². The maximum atomic E-state index is 12.3. The van der Waals surface area contributed by atoms with Crippen LogP contribution in [-0.2, 0) is 4.74 Å². The highest BCUT2D eigenvalue weighted by molar-refractivity contribution is 6.08. The average molecular weight is 296 g/mol. The predicted molar refractivity (Wildman–Crippen MR) is 85.4 cm³/mol. The van der Waals surface area contributed by atoms with Gasteiger partial charge in [-0.05, 0) is 37.6 Å². The molecular weight excluding hydrogens is 276 g/mol. The van der Waals surface area contributed by atoms with Gasteiger partial charge in [-0.25, -0.2) is 0 Å². The Kier molecular flexibility index (Phi) is 3.99. The lowest BCUT2D eigenvalue weighted by Crippen LogP contribution is -2.14. The van der Waals surface area contributed by atoms with Gasteiger partial charge in [0.1, 0.15) is 18.5 Å². The summed E-state index contributed by atoms with van der Waals surface area (Å²) in [6.45, 7) is 4.77. The van der Waals surface area contributed by atoms with E-state index in [1.807, 2.05) is 42.5 Å². The van der Waals surface area contributed by atoms with E-state index in [9.17, 15) is 4.79 Å². The van der Waals surface area contributed by atoms with Gasteiger partial charge in [-0.1, -0.05) is 37.3 Å². The number of benzene rings is 2. The van der Waals surface area contributed by atoms with Gasteiger partial charge in [0.05, 0.1) is 5.60 Å². The SMILES string of the molecule is CCC1(C)OC1COc1ccc(C(=O)c2ccccc2)cc1. The van der Waals surface area contributed by atoms with Gasteiger partial charge in [-0.15, -0.1) is 0 Å². The Morgan fingerprint density at radius 1 is 1.09 bits per heavy atom. The van der Waals surface area contributed by atoms with E-state index in [1.54, 1.807) is 12.1 Å². The number of hydrogen-bond acceptors (Lipinski definition) is 3. The molecule has 22 heavy (non-hydrogen) atoms. The molecule has 2 unspecified atom stereocenters. The minimum Gasteiger partial charge on any atom is -0.491 e. The fraction of sp³-hybridized carbons (Fsp3) is 0.316. The fourth-order valence-electron chi connectivity index (χ4n) is 2.44. The summed E-state index contributed by atoms with van der Waals surface area (Å²) in [5, 5.41) is 0. The summed E-state index contributed by atoms with van der Waals surface area (Å²) in [5.41, 5.74) is 1.34. The molecule has 3 rings (SSSR count). The summed E-state index contributed by atoms with van der Waals surface area (Å²) in [6, 6.07) is 16.6. The number of ether oxygens (including phenoxy) is 2. The smallest absolute Gasteiger partial charge is 0.193 e. The third-order valence-corrected chi connectivity index (χ3v) is 4.29. The highest BCUT2D eigenvalue weighted by Crippen LogP contribution is 2.39. The van der Waals surface area contributed by atoms with Gasteiger partial charge >= 0.3 is 0 Å². The van der Waals surface area contributed by atoms with Crippen LogP contribution in [0.4, 0.5) is 0 Å². The molecule has 3 heteroatoms. The number of rotatable bonds is 6. The van der Waals surface area contributed by atoms with Crippen molar-refractivity contribution in [3.05, 3.63) is 65.7 Å². The van der Waals surface area contributed by atoms with Crippen LogP contribution in [0.25, 0.3) is 0 Å². The van der Waals surface area contributed by atoms with Crippen molar-refractivity contribution in [2.45, 2.75) is 32.0 Å². The van der Waals surface area contributed by atoms with Crippen LogP contribution in [0.5, 0.6) is 5.75 Å². The van der Waals surface area contributed by atoms with Gasteiger partial charge in [-0.2, -0.15) is 0 Å². The minimum absolute atomic E-state index is 0.0243. The predicted octanol–water partition coefficient (Wildman–Crippen LogP) is 3.86. The van der Waals surface area contributed by atoms with Crippen LogP contribution in [-0.4, -0.2) is 24.1 Å². The molecule has 1 saturated heterocycles. The van der Waals surface area contributed by atoms with Gasteiger partial charge in [0.25, 0.3) is 0 Å². The maximum absolute atomic E-state index is 12.3. The second kappa shape index (κ2) is 5.93. The molecule has 0 N–H and O–H groups in total. The Morgan fingerprint density at radius 2 is 1.73 bits per heavy atom. The summed E-state index contributed by atoms with van der Waals surface area (Å²) >= 11 is 0. The first-order chi connectivity index (χ1) is 10.6. The number of carbonyl (C=O) groups excluding carboxylic acids is 1. The molecule has 1 fully saturated rings. The summed E-state index contributed by atoms with van der Waals surface area (Å²) < 4.78 is 11.3. The molecule has 1 aliphatic heterocycles. The van der Waals surface area contributed by atoms with E-state index in [0.29, 0.717) is 17.7 Å². The quantitative estimate of drug-likeness (QED) is 0.600. The Balaban J connectivity index is 1.60. The first-order valence-electron chi connectivity index (χ1n) is 7.63. The Bertz CT molecular complexity index is 648. The number of ketones is 1. The molecule has 0 saturated carbocycles. The largest absolute Gasteiger partial charge is 0.491 e. The number of carbonyl (C=O) groups is 1. The molecule has 114 valence electrons. The molecule has 1 aliphatic rings. The van der Waals surface area contributed by atoms with Crippen molar-refractivity contribution < 1.29 is 14.3 Å². The van der Waals surface area contributed by atoms with Gasteiger partial charge in [0.15, 0.2) is 5.78 Å². The van der Waals surface area contributed by atoms with Crippen molar-refractivity contribution in [3.8, 4) is 5.75 Å². The van der Waals surface area contributed by atoms with Gasteiger partial charge in [-0.3, -0.25) is 4.79 Å². The zero-order valence-corrected chi connectivity index (χ0v) is 12.9. The highest BCUT2D eigenvalue weighted by Gasteiger charge is 2.51. The molecule has 0 bridgehead atoms. The van der Waals surface area contributed by atoms with Crippen LogP contribution < -0.4 is 4.74 Å². The third-order valence-electron chi connectivity index (χ3n) is 4.29. The minimum atomic E-state index is -0.0246. The lowest BCUT2D eigenvalue weighted by atomic mass is 10.0. The first kappa shape index (κ1) is 14.8. The molecule has 1 heterocycles. The van der Waals surface area contributed by atoms with E-state index >= 15 is 0 Å². The molecule has 0 spiro atoms. The maximum Gasteiger partial charge on any atom is 0.193 e. The monoisotopic (exact) mass is 296 g/mol. The molecule has 0 aromatic heterocycles.